The van der Waals surface area contributed by atoms with Crippen LogP contribution in [0.2, 0.25) is 0 Å². The molecule has 0 spiro atoms. The number of hydrogen-bond acceptors (Lipinski definition) is 5. The van der Waals surface area contributed by atoms with Crippen LogP contribution in [0, 0.1) is 5.92 Å². The lowest BCUT2D eigenvalue weighted by atomic mass is 10.0. The number of hydrogen-bond donors (Lipinski definition) is 2. The smallest absolute Gasteiger partial charge is 0.262 e. The Morgan fingerprint density at radius 3 is 2.47 bits per heavy atom. The number of nitrogens with zero attached hydrogens (tertiary/aromatic N) is 1. The van der Waals surface area contributed by atoms with E-state index in [9.17, 15) is 9.59 Å². The van der Waals surface area contributed by atoms with Crippen molar-refractivity contribution in [3.05, 3.63) is 58.1 Å². The molecule has 2 N–H and O–H groups in total. The monoisotopic (exact) mass is 503 g/mol. The fraction of sp³-hybridized carbons (Fsp3) is 0.375. The van der Waals surface area contributed by atoms with E-state index < -0.39 is 11.9 Å². The van der Waals surface area contributed by atoms with Gasteiger partial charge in [0.05, 0.1) is 24.4 Å². The first-order valence-corrected chi connectivity index (χ1v) is 11.3. The fourth-order valence-electron chi connectivity index (χ4n) is 2.78. The van der Waals surface area contributed by atoms with Gasteiger partial charge >= 0.3 is 0 Å². The van der Waals surface area contributed by atoms with Gasteiger partial charge in [-0.3, -0.25) is 9.59 Å². The minimum absolute atomic E-state index is 0.124. The molecule has 0 heterocycles. The zero-order valence-corrected chi connectivity index (χ0v) is 20.4. The maximum Gasteiger partial charge on any atom is 0.262 e. The van der Waals surface area contributed by atoms with Gasteiger partial charge in [0, 0.05) is 5.56 Å². The van der Waals surface area contributed by atoms with E-state index in [-0.39, 0.29) is 11.8 Å². The summed E-state index contributed by atoms with van der Waals surface area (Å²) in [4.78, 5) is 25.2. The van der Waals surface area contributed by atoms with Crippen molar-refractivity contribution >= 4 is 34.0 Å². The largest absolute Gasteiger partial charge is 0.497 e. The van der Waals surface area contributed by atoms with Crippen LogP contribution in [0.25, 0.3) is 0 Å². The maximum atomic E-state index is 12.6. The van der Waals surface area contributed by atoms with Crippen molar-refractivity contribution in [2.75, 3.05) is 13.7 Å². The summed E-state index contributed by atoms with van der Waals surface area (Å²) in [5.74, 6) is 0.563. The van der Waals surface area contributed by atoms with Crippen LogP contribution < -0.4 is 20.2 Å². The summed E-state index contributed by atoms with van der Waals surface area (Å²) >= 11 is 3.49. The summed E-state index contributed by atoms with van der Waals surface area (Å²) in [6, 6.07) is 11.5. The number of methoxy groups -OCH3 is 1. The van der Waals surface area contributed by atoms with Gasteiger partial charge < -0.3 is 14.8 Å². The van der Waals surface area contributed by atoms with Gasteiger partial charge in [-0.1, -0.05) is 27.2 Å². The van der Waals surface area contributed by atoms with Crippen molar-refractivity contribution in [2.24, 2.45) is 11.0 Å². The second-order valence-corrected chi connectivity index (χ2v) is 8.40. The van der Waals surface area contributed by atoms with Crippen LogP contribution in [0.1, 0.15) is 49.5 Å². The highest BCUT2D eigenvalue weighted by atomic mass is 79.9. The minimum Gasteiger partial charge on any atom is -0.497 e. The Bertz CT molecular complexity index is 929. The zero-order valence-electron chi connectivity index (χ0n) is 18.9. The minimum atomic E-state index is -0.733. The van der Waals surface area contributed by atoms with Crippen LogP contribution in [-0.2, 0) is 4.79 Å². The molecule has 0 fully saturated rings. The van der Waals surface area contributed by atoms with E-state index in [0.29, 0.717) is 17.9 Å². The summed E-state index contributed by atoms with van der Waals surface area (Å²) in [5.41, 5.74) is 3.75. The number of halogens is 1. The molecule has 2 rings (SSSR count). The number of amides is 2. The number of rotatable bonds is 11. The molecule has 32 heavy (non-hydrogen) atoms. The highest BCUT2D eigenvalue weighted by molar-refractivity contribution is 9.10. The standard InChI is InChI=1S/C24H30BrN3O4/c1-5-6-13-32-21-12-7-17(14-20(21)25)15-26-28-24(30)22(16(2)3)27-23(29)18-8-10-19(31-4)11-9-18/h7-12,14-16,22H,5-6,13H2,1-4H3,(H,27,29)(H,28,30). The van der Waals surface area contributed by atoms with Gasteiger partial charge in [0.1, 0.15) is 17.5 Å². The molecule has 0 radical (unpaired) electrons. The van der Waals surface area contributed by atoms with Crippen molar-refractivity contribution in [1.29, 1.82) is 0 Å². The van der Waals surface area contributed by atoms with E-state index in [2.05, 4.69) is 38.7 Å². The molecular formula is C24H30BrN3O4. The normalized spacial score (nSPS) is 11.9. The topological polar surface area (TPSA) is 89.0 Å². The van der Waals surface area contributed by atoms with Gasteiger partial charge in [-0.15, -0.1) is 0 Å². The molecule has 2 amide bonds. The first kappa shape index (κ1) is 25.4. The number of hydrazone groups is 1. The molecule has 7 nitrogen and oxygen atoms in total. The van der Waals surface area contributed by atoms with Gasteiger partial charge in [0.25, 0.3) is 11.8 Å². The molecule has 0 aliphatic rings. The summed E-state index contributed by atoms with van der Waals surface area (Å²) in [6.07, 6.45) is 3.61. The van der Waals surface area contributed by atoms with Crippen molar-refractivity contribution in [3.8, 4) is 11.5 Å². The number of ether oxygens (including phenoxy) is 2. The number of nitrogens with one attached hydrogen (secondary N) is 2. The van der Waals surface area contributed by atoms with Crippen LogP contribution >= 0.6 is 15.9 Å². The number of carbonyl (C=O) groups excluding carboxylic acids is 2. The molecule has 2 aromatic carbocycles. The molecule has 0 aliphatic heterocycles. The number of benzene rings is 2. The fourth-order valence-corrected chi connectivity index (χ4v) is 3.29. The third kappa shape index (κ3) is 7.67. The molecule has 172 valence electrons. The van der Waals surface area contributed by atoms with Gasteiger partial charge in [-0.05, 0) is 76.3 Å². The highest BCUT2D eigenvalue weighted by Crippen LogP contribution is 2.25. The van der Waals surface area contributed by atoms with E-state index >= 15 is 0 Å². The van der Waals surface area contributed by atoms with E-state index in [1.54, 1.807) is 37.6 Å². The molecule has 0 saturated heterocycles. The third-order valence-electron chi connectivity index (χ3n) is 4.69. The predicted molar refractivity (Wildman–Crippen MR) is 129 cm³/mol. The highest BCUT2D eigenvalue weighted by Gasteiger charge is 2.24. The van der Waals surface area contributed by atoms with Crippen LogP contribution in [0.3, 0.4) is 0 Å². The van der Waals surface area contributed by atoms with Crippen molar-refractivity contribution in [1.82, 2.24) is 10.7 Å². The zero-order chi connectivity index (χ0) is 23.5. The van der Waals surface area contributed by atoms with E-state index in [0.717, 1.165) is 28.6 Å². The molecule has 2 aromatic rings. The van der Waals surface area contributed by atoms with Gasteiger partial charge in [-0.25, -0.2) is 5.43 Å². The van der Waals surface area contributed by atoms with Crippen LogP contribution in [0.15, 0.2) is 52.0 Å². The molecule has 0 bridgehead atoms. The predicted octanol–water partition coefficient (Wildman–Crippen LogP) is 4.54. The summed E-state index contributed by atoms with van der Waals surface area (Å²) in [7, 11) is 1.56. The van der Waals surface area contributed by atoms with E-state index in [4.69, 9.17) is 9.47 Å². The SMILES string of the molecule is CCCCOc1ccc(C=NNC(=O)C(NC(=O)c2ccc(OC)cc2)C(C)C)cc1Br. The number of carbonyl (C=O) groups is 2. The Hall–Kier alpha value is -2.87. The third-order valence-corrected chi connectivity index (χ3v) is 5.31. The first-order valence-electron chi connectivity index (χ1n) is 10.6. The van der Waals surface area contributed by atoms with Gasteiger partial charge in [0.2, 0.25) is 0 Å². The Morgan fingerprint density at radius 1 is 1.16 bits per heavy atom. The quantitative estimate of drug-likeness (QED) is 0.267. The Labute approximate surface area is 197 Å². The molecule has 1 unspecified atom stereocenters. The Morgan fingerprint density at radius 2 is 1.88 bits per heavy atom. The summed E-state index contributed by atoms with van der Waals surface area (Å²) in [5, 5.41) is 6.81. The first-order chi connectivity index (χ1) is 15.3. The summed E-state index contributed by atoms with van der Waals surface area (Å²) in [6.45, 7) is 6.49. The molecular weight excluding hydrogens is 474 g/mol. The van der Waals surface area contributed by atoms with Crippen molar-refractivity contribution in [3.63, 3.8) is 0 Å². The average molecular weight is 504 g/mol. The van der Waals surface area contributed by atoms with Gasteiger partial charge in [0.15, 0.2) is 0 Å². The molecule has 0 aliphatic carbocycles. The number of unbranched alkanes of at least 4 members (excludes halogenated alkanes) is 1. The van der Waals surface area contributed by atoms with Gasteiger partial charge in [-0.2, -0.15) is 5.10 Å². The Balaban J connectivity index is 1.96. The van der Waals surface area contributed by atoms with E-state index in [1.807, 2.05) is 32.0 Å². The molecule has 8 heteroatoms. The van der Waals surface area contributed by atoms with Crippen molar-refractivity contribution < 1.29 is 19.1 Å². The second-order valence-electron chi connectivity index (χ2n) is 7.55. The maximum absolute atomic E-state index is 12.6. The molecule has 0 saturated carbocycles. The lowest BCUT2D eigenvalue weighted by Gasteiger charge is -2.20. The second kappa shape index (κ2) is 12.9. The molecule has 0 aromatic heterocycles. The average Bonchev–Trinajstić information content (AvgIpc) is 2.78. The van der Waals surface area contributed by atoms with Crippen LogP contribution in [-0.4, -0.2) is 37.8 Å². The van der Waals surface area contributed by atoms with E-state index in [1.165, 1.54) is 0 Å². The Kier molecular flexibility index (Phi) is 10.2. The van der Waals surface area contributed by atoms with Crippen LogP contribution in [0.5, 0.6) is 11.5 Å². The van der Waals surface area contributed by atoms with Crippen LogP contribution in [0.4, 0.5) is 0 Å². The molecule has 1 atom stereocenters. The lowest BCUT2D eigenvalue weighted by Crippen LogP contribution is -2.48. The summed E-state index contributed by atoms with van der Waals surface area (Å²) < 4.78 is 11.6. The van der Waals surface area contributed by atoms with Crippen molar-refractivity contribution in [2.45, 2.75) is 39.7 Å². The lowest BCUT2D eigenvalue weighted by molar-refractivity contribution is -0.123.